The van der Waals surface area contributed by atoms with Gasteiger partial charge in [0.25, 0.3) is 0 Å². The minimum Gasteiger partial charge on any atom is -0.335 e. The second-order valence-corrected chi connectivity index (χ2v) is 6.15. The molecule has 0 radical (unpaired) electrons. The van der Waals surface area contributed by atoms with Crippen molar-refractivity contribution < 1.29 is 4.79 Å². The van der Waals surface area contributed by atoms with Crippen molar-refractivity contribution in [2.75, 3.05) is 5.32 Å². The Bertz CT molecular complexity index is 683. The summed E-state index contributed by atoms with van der Waals surface area (Å²) in [7, 11) is 0. The van der Waals surface area contributed by atoms with Gasteiger partial charge in [0, 0.05) is 11.7 Å². The van der Waals surface area contributed by atoms with Crippen LogP contribution in [-0.4, -0.2) is 32.3 Å². The van der Waals surface area contributed by atoms with E-state index < -0.39 is 0 Å². The summed E-state index contributed by atoms with van der Waals surface area (Å²) in [4.78, 5) is 12.2. The fourth-order valence-electron chi connectivity index (χ4n) is 3.05. The molecule has 23 heavy (non-hydrogen) atoms. The van der Waals surface area contributed by atoms with Gasteiger partial charge in [0.15, 0.2) is 5.82 Å². The summed E-state index contributed by atoms with van der Waals surface area (Å²) in [6.45, 7) is 4.03. The van der Waals surface area contributed by atoms with Crippen molar-refractivity contribution in [1.29, 1.82) is 0 Å². The highest BCUT2D eigenvalue weighted by Gasteiger charge is 2.22. The summed E-state index contributed by atoms with van der Waals surface area (Å²) in [5.74, 6) is 1.23. The Hall–Kier alpha value is -2.44. The first kappa shape index (κ1) is 15.5. The van der Waals surface area contributed by atoms with Gasteiger partial charge in [0.1, 0.15) is 0 Å². The predicted octanol–water partition coefficient (Wildman–Crippen LogP) is 2.67. The third-order valence-corrected chi connectivity index (χ3v) is 4.40. The maximum absolute atomic E-state index is 12.2. The van der Waals surface area contributed by atoms with Gasteiger partial charge in [-0.1, -0.05) is 25.8 Å². The van der Waals surface area contributed by atoms with Crippen molar-refractivity contribution >= 4 is 11.7 Å². The quantitative estimate of drug-likeness (QED) is 0.912. The smallest absolute Gasteiger partial charge is 0.319 e. The van der Waals surface area contributed by atoms with E-state index >= 15 is 0 Å². The van der Waals surface area contributed by atoms with E-state index in [4.69, 9.17) is 0 Å². The molecular weight excluding hydrogens is 292 g/mol. The number of aromatic nitrogens is 4. The number of aryl methyl sites for hydroxylation is 1. The van der Waals surface area contributed by atoms with E-state index in [0.29, 0.717) is 11.7 Å². The number of tetrazole rings is 1. The molecule has 1 heterocycles. The molecule has 2 aromatic rings. The molecule has 7 heteroatoms. The molecule has 1 saturated carbocycles. The van der Waals surface area contributed by atoms with Crippen molar-refractivity contribution in [3.05, 3.63) is 30.1 Å². The molecule has 0 aliphatic heterocycles. The highest BCUT2D eigenvalue weighted by molar-refractivity contribution is 5.89. The summed E-state index contributed by atoms with van der Waals surface area (Å²) < 4.78 is 1.63. The van der Waals surface area contributed by atoms with E-state index in [1.165, 1.54) is 19.3 Å². The molecule has 7 nitrogen and oxygen atoms in total. The standard InChI is InChI=1S/C16H22N6O/c1-11-6-3-4-9-15(11)18-16(23)17-13-7-5-8-14(10-13)22-12(2)19-20-21-22/h5,7-8,10-11,15H,3-4,6,9H2,1-2H3,(H2,17,18,23)/t11-,15-/m1/s1. The van der Waals surface area contributed by atoms with Crippen LogP contribution in [0.2, 0.25) is 0 Å². The van der Waals surface area contributed by atoms with Gasteiger partial charge < -0.3 is 10.6 Å². The fourth-order valence-corrected chi connectivity index (χ4v) is 3.05. The number of anilines is 1. The lowest BCUT2D eigenvalue weighted by molar-refractivity contribution is 0.232. The molecular formula is C16H22N6O. The number of carbonyl (C=O) groups excluding carboxylic acids is 1. The molecule has 2 N–H and O–H groups in total. The molecule has 1 fully saturated rings. The highest BCUT2D eigenvalue weighted by Crippen LogP contribution is 2.23. The molecule has 122 valence electrons. The average Bonchev–Trinajstić information content (AvgIpc) is 2.96. The van der Waals surface area contributed by atoms with E-state index in [0.717, 1.165) is 17.8 Å². The number of urea groups is 1. The normalized spacial score (nSPS) is 21.0. The number of benzene rings is 1. The van der Waals surface area contributed by atoms with Gasteiger partial charge >= 0.3 is 6.03 Å². The van der Waals surface area contributed by atoms with Crippen molar-refractivity contribution in [3.8, 4) is 5.69 Å². The number of hydrogen-bond acceptors (Lipinski definition) is 4. The van der Waals surface area contributed by atoms with Gasteiger partial charge in [0.05, 0.1) is 5.69 Å². The lowest BCUT2D eigenvalue weighted by atomic mass is 9.86. The van der Waals surface area contributed by atoms with Gasteiger partial charge in [-0.05, 0) is 54.3 Å². The molecule has 3 rings (SSSR count). The topological polar surface area (TPSA) is 84.7 Å². The van der Waals surface area contributed by atoms with Gasteiger partial charge in [-0.2, -0.15) is 4.68 Å². The molecule has 1 aromatic carbocycles. The molecule has 1 aliphatic carbocycles. The minimum absolute atomic E-state index is 0.158. The van der Waals surface area contributed by atoms with Crippen LogP contribution in [-0.2, 0) is 0 Å². The molecule has 1 aliphatic rings. The Morgan fingerprint density at radius 3 is 2.87 bits per heavy atom. The van der Waals surface area contributed by atoms with Gasteiger partial charge in [-0.15, -0.1) is 5.10 Å². The molecule has 0 unspecified atom stereocenters. The van der Waals surface area contributed by atoms with Crippen LogP contribution in [0.3, 0.4) is 0 Å². The van der Waals surface area contributed by atoms with E-state index in [1.807, 2.05) is 31.2 Å². The van der Waals surface area contributed by atoms with Gasteiger partial charge in [-0.25, -0.2) is 4.79 Å². The average molecular weight is 314 g/mol. The number of nitrogens with one attached hydrogen (secondary N) is 2. The fraction of sp³-hybridized carbons (Fsp3) is 0.500. The number of nitrogens with zero attached hydrogens (tertiary/aromatic N) is 4. The summed E-state index contributed by atoms with van der Waals surface area (Å²) in [5.41, 5.74) is 1.54. The van der Waals surface area contributed by atoms with Crippen LogP contribution in [0.1, 0.15) is 38.4 Å². The number of carbonyl (C=O) groups is 1. The Morgan fingerprint density at radius 1 is 1.30 bits per heavy atom. The Morgan fingerprint density at radius 2 is 2.13 bits per heavy atom. The summed E-state index contributed by atoms with van der Waals surface area (Å²) in [6, 6.07) is 7.58. The molecule has 2 atom stereocenters. The van der Waals surface area contributed by atoms with Crippen LogP contribution in [0, 0.1) is 12.8 Å². The van der Waals surface area contributed by atoms with Gasteiger partial charge in [0.2, 0.25) is 0 Å². The largest absolute Gasteiger partial charge is 0.335 e. The van der Waals surface area contributed by atoms with Gasteiger partial charge in [-0.3, -0.25) is 0 Å². The zero-order valence-electron chi connectivity index (χ0n) is 13.5. The van der Waals surface area contributed by atoms with Crippen LogP contribution in [0.15, 0.2) is 24.3 Å². The third-order valence-electron chi connectivity index (χ3n) is 4.40. The summed E-state index contributed by atoms with van der Waals surface area (Å²) >= 11 is 0. The SMILES string of the molecule is Cc1nnnn1-c1cccc(NC(=O)N[C@@H]2CCCC[C@H]2C)c1. The first-order valence-electron chi connectivity index (χ1n) is 8.06. The maximum atomic E-state index is 12.2. The summed E-state index contributed by atoms with van der Waals surface area (Å²) in [5, 5.41) is 17.4. The molecule has 2 amide bonds. The zero-order chi connectivity index (χ0) is 16.2. The summed E-state index contributed by atoms with van der Waals surface area (Å²) in [6.07, 6.45) is 4.68. The van der Waals surface area contributed by atoms with Crippen LogP contribution >= 0.6 is 0 Å². The third kappa shape index (κ3) is 3.67. The molecule has 0 spiro atoms. The Kier molecular flexibility index (Phi) is 4.55. The lowest BCUT2D eigenvalue weighted by Crippen LogP contribution is -2.43. The highest BCUT2D eigenvalue weighted by atomic mass is 16.2. The van der Waals surface area contributed by atoms with Crippen LogP contribution in [0.4, 0.5) is 10.5 Å². The van der Waals surface area contributed by atoms with E-state index in [2.05, 4.69) is 33.1 Å². The van der Waals surface area contributed by atoms with Crippen molar-refractivity contribution in [2.24, 2.45) is 5.92 Å². The first-order valence-corrected chi connectivity index (χ1v) is 8.06. The molecule has 1 aromatic heterocycles. The first-order chi connectivity index (χ1) is 11.1. The van der Waals surface area contributed by atoms with Crippen molar-refractivity contribution in [1.82, 2.24) is 25.5 Å². The van der Waals surface area contributed by atoms with Crippen molar-refractivity contribution in [2.45, 2.75) is 45.6 Å². The van der Waals surface area contributed by atoms with E-state index in [1.54, 1.807) is 4.68 Å². The molecule has 0 saturated heterocycles. The second-order valence-electron chi connectivity index (χ2n) is 6.15. The van der Waals surface area contributed by atoms with Crippen LogP contribution < -0.4 is 10.6 Å². The van der Waals surface area contributed by atoms with Crippen LogP contribution in [0.25, 0.3) is 5.69 Å². The van der Waals surface area contributed by atoms with Crippen molar-refractivity contribution in [3.63, 3.8) is 0 Å². The van der Waals surface area contributed by atoms with Crippen LogP contribution in [0.5, 0.6) is 0 Å². The number of amides is 2. The zero-order valence-corrected chi connectivity index (χ0v) is 13.5. The maximum Gasteiger partial charge on any atom is 0.319 e. The lowest BCUT2D eigenvalue weighted by Gasteiger charge is -2.29. The Balaban J connectivity index is 1.66. The Labute approximate surface area is 135 Å². The van der Waals surface area contributed by atoms with E-state index in [9.17, 15) is 4.79 Å². The molecule has 0 bridgehead atoms. The number of rotatable bonds is 3. The monoisotopic (exact) mass is 314 g/mol. The van der Waals surface area contributed by atoms with E-state index in [-0.39, 0.29) is 12.1 Å². The second kappa shape index (κ2) is 6.76. The minimum atomic E-state index is -0.158. The predicted molar refractivity (Wildman–Crippen MR) is 87.5 cm³/mol. The number of hydrogen-bond donors (Lipinski definition) is 2.